The molecule has 0 aliphatic carbocycles. The molecule has 2 saturated heterocycles. The van der Waals surface area contributed by atoms with E-state index in [0.717, 1.165) is 6.54 Å². The van der Waals surface area contributed by atoms with Gasteiger partial charge in [0.1, 0.15) is 0 Å². The molecule has 2 aliphatic rings. The summed E-state index contributed by atoms with van der Waals surface area (Å²) in [5.74, 6) is 0.177. The van der Waals surface area contributed by atoms with E-state index in [9.17, 15) is 4.79 Å². The molecule has 2 aliphatic heterocycles. The molecule has 0 bridgehead atoms. The first kappa shape index (κ1) is 11.7. The lowest BCUT2D eigenvalue weighted by molar-refractivity contribution is -0.154. The van der Waals surface area contributed by atoms with Gasteiger partial charge in [-0.25, -0.2) is 0 Å². The summed E-state index contributed by atoms with van der Waals surface area (Å²) in [4.78, 5) is 14.1. The number of nitrogens with one attached hydrogen (secondary N) is 1. The summed E-state index contributed by atoms with van der Waals surface area (Å²) < 4.78 is 5.30. The van der Waals surface area contributed by atoms with Crippen LogP contribution in [0.25, 0.3) is 0 Å². The van der Waals surface area contributed by atoms with Crippen LogP contribution in [-0.2, 0) is 16.1 Å². The predicted octanol–water partition coefficient (Wildman–Crippen LogP) is 0.776. The van der Waals surface area contributed by atoms with Crippen LogP contribution in [0.5, 0.6) is 0 Å². The summed E-state index contributed by atoms with van der Waals surface area (Å²) in [5.41, 5.74) is 1.16. The van der Waals surface area contributed by atoms with Crippen LogP contribution >= 0.6 is 0 Å². The molecule has 3 rings (SSSR count). The lowest BCUT2D eigenvalue weighted by atomic mass is 9.91. The van der Waals surface area contributed by atoms with Gasteiger partial charge in [-0.3, -0.25) is 10.1 Å². The number of amides is 1. The summed E-state index contributed by atoms with van der Waals surface area (Å²) in [5, 5.41) is 3.38. The number of hydrogen-bond donors (Lipinski definition) is 1. The second-order valence-electron chi connectivity index (χ2n) is 5.32. The van der Waals surface area contributed by atoms with E-state index in [1.54, 1.807) is 0 Å². The van der Waals surface area contributed by atoms with Crippen LogP contribution < -0.4 is 5.32 Å². The third-order valence-electron chi connectivity index (χ3n) is 3.67. The molecule has 2 fully saturated rings. The summed E-state index contributed by atoms with van der Waals surface area (Å²) in [6.07, 6.45) is 0. The van der Waals surface area contributed by atoms with Crippen molar-refractivity contribution in [1.82, 2.24) is 10.2 Å². The Kier molecular flexibility index (Phi) is 2.84. The zero-order valence-electron chi connectivity index (χ0n) is 10.6. The number of hydrogen-bond acceptors (Lipinski definition) is 3. The summed E-state index contributed by atoms with van der Waals surface area (Å²) in [6, 6.07) is 10.0. The smallest absolute Gasteiger partial charge is 0.239 e. The Morgan fingerprint density at radius 1 is 1.39 bits per heavy atom. The highest BCUT2D eigenvalue weighted by atomic mass is 16.5. The summed E-state index contributed by atoms with van der Waals surface area (Å²) >= 11 is 0. The number of carbonyl (C=O) groups is 1. The molecular weight excluding hydrogens is 228 g/mol. The minimum absolute atomic E-state index is 0.0118. The monoisotopic (exact) mass is 246 g/mol. The zero-order valence-corrected chi connectivity index (χ0v) is 10.6. The maximum absolute atomic E-state index is 12.2. The Morgan fingerprint density at radius 2 is 2.11 bits per heavy atom. The van der Waals surface area contributed by atoms with Gasteiger partial charge in [0.05, 0.1) is 24.8 Å². The van der Waals surface area contributed by atoms with E-state index < -0.39 is 0 Å². The van der Waals surface area contributed by atoms with Crippen molar-refractivity contribution < 1.29 is 9.53 Å². The Balaban J connectivity index is 1.75. The van der Waals surface area contributed by atoms with Crippen molar-refractivity contribution in [3.8, 4) is 0 Å². The van der Waals surface area contributed by atoms with Crippen LogP contribution in [0.1, 0.15) is 12.5 Å². The average molecular weight is 246 g/mol. The van der Waals surface area contributed by atoms with E-state index in [1.165, 1.54) is 5.56 Å². The van der Waals surface area contributed by atoms with Gasteiger partial charge in [-0.05, 0) is 12.5 Å². The van der Waals surface area contributed by atoms with Crippen LogP contribution in [0, 0.1) is 0 Å². The maximum atomic E-state index is 12.2. The molecule has 0 saturated carbocycles. The number of benzene rings is 1. The van der Waals surface area contributed by atoms with Crippen molar-refractivity contribution in [1.29, 1.82) is 0 Å². The highest BCUT2D eigenvalue weighted by Crippen LogP contribution is 2.25. The van der Waals surface area contributed by atoms with Crippen LogP contribution in [-0.4, -0.2) is 42.1 Å². The minimum atomic E-state index is -0.119. The third kappa shape index (κ3) is 2.02. The third-order valence-corrected chi connectivity index (χ3v) is 3.67. The zero-order chi connectivity index (χ0) is 12.6. The number of nitrogens with zero attached hydrogens (tertiary/aromatic N) is 1. The molecule has 2 heterocycles. The van der Waals surface area contributed by atoms with Crippen LogP contribution in [0.15, 0.2) is 30.3 Å². The number of rotatable bonds is 2. The first-order valence-electron chi connectivity index (χ1n) is 6.37. The van der Waals surface area contributed by atoms with Crippen molar-refractivity contribution in [3.05, 3.63) is 35.9 Å². The molecule has 96 valence electrons. The van der Waals surface area contributed by atoms with Crippen LogP contribution in [0.2, 0.25) is 0 Å². The van der Waals surface area contributed by atoms with E-state index in [0.29, 0.717) is 19.8 Å². The Bertz CT molecular complexity index is 442. The van der Waals surface area contributed by atoms with Gasteiger partial charge in [-0.1, -0.05) is 30.3 Å². The molecular formula is C14H18N2O2. The van der Waals surface area contributed by atoms with Crippen LogP contribution in [0.3, 0.4) is 0 Å². The molecule has 1 aromatic rings. The molecule has 1 amide bonds. The quantitative estimate of drug-likeness (QED) is 0.838. The fraction of sp³-hybridized carbons (Fsp3) is 0.500. The number of piperazine rings is 1. The highest BCUT2D eigenvalue weighted by molar-refractivity contribution is 5.82. The molecule has 1 spiro atoms. The van der Waals surface area contributed by atoms with Gasteiger partial charge in [0.15, 0.2) is 0 Å². The Labute approximate surface area is 107 Å². The van der Waals surface area contributed by atoms with Gasteiger partial charge >= 0.3 is 0 Å². The largest absolute Gasteiger partial charge is 0.377 e. The normalized spacial score (nSPS) is 26.2. The fourth-order valence-electron chi connectivity index (χ4n) is 2.74. The van der Waals surface area contributed by atoms with Gasteiger partial charge in [0.2, 0.25) is 5.91 Å². The number of carbonyl (C=O) groups excluding carboxylic acids is 1. The van der Waals surface area contributed by atoms with Gasteiger partial charge < -0.3 is 9.64 Å². The van der Waals surface area contributed by atoms with Crippen LogP contribution in [0.4, 0.5) is 0 Å². The SMILES string of the molecule is C[C@@H]1NC2(COC2)CN(Cc2ccccc2)C1=O. The molecule has 1 aromatic carbocycles. The second kappa shape index (κ2) is 4.37. The van der Waals surface area contributed by atoms with E-state index in [-0.39, 0.29) is 17.5 Å². The lowest BCUT2D eigenvalue weighted by Gasteiger charge is -2.50. The highest BCUT2D eigenvalue weighted by Gasteiger charge is 2.47. The van der Waals surface area contributed by atoms with Crippen molar-refractivity contribution in [2.24, 2.45) is 0 Å². The molecule has 1 N–H and O–H groups in total. The Hall–Kier alpha value is -1.39. The van der Waals surface area contributed by atoms with Crippen molar-refractivity contribution >= 4 is 5.91 Å². The van der Waals surface area contributed by atoms with E-state index in [1.807, 2.05) is 30.0 Å². The van der Waals surface area contributed by atoms with E-state index in [4.69, 9.17) is 4.74 Å². The Morgan fingerprint density at radius 3 is 2.72 bits per heavy atom. The van der Waals surface area contributed by atoms with Gasteiger partial charge in [-0.15, -0.1) is 0 Å². The first-order valence-corrected chi connectivity index (χ1v) is 6.37. The molecule has 1 atom stereocenters. The fourth-order valence-corrected chi connectivity index (χ4v) is 2.74. The average Bonchev–Trinajstić information content (AvgIpc) is 2.34. The molecule has 0 unspecified atom stereocenters. The number of ether oxygens (including phenoxy) is 1. The predicted molar refractivity (Wildman–Crippen MR) is 68.0 cm³/mol. The minimum Gasteiger partial charge on any atom is -0.377 e. The second-order valence-corrected chi connectivity index (χ2v) is 5.32. The molecule has 0 radical (unpaired) electrons. The molecule has 18 heavy (non-hydrogen) atoms. The standard InChI is InChI=1S/C14H18N2O2/c1-11-13(17)16(7-12-5-3-2-4-6-12)8-14(15-11)9-18-10-14/h2-6,11,15H,7-10H2,1H3/t11-/m0/s1. The molecule has 4 heteroatoms. The molecule has 4 nitrogen and oxygen atoms in total. The van der Waals surface area contributed by atoms with Crippen molar-refractivity contribution in [2.45, 2.75) is 25.0 Å². The summed E-state index contributed by atoms with van der Waals surface area (Å²) in [7, 11) is 0. The lowest BCUT2D eigenvalue weighted by Crippen LogP contribution is -2.74. The first-order chi connectivity index (χ1) is 8.69. The van der Waals surface area contributed by atoms with Crippen molar-refractivity contribution in [2.75, 3.05) is 19.8 Å². The van der Waals surface area contributed by atoms with E-state index >= 15 is 0 Å². The van der Waals surface area contributed by atoms with Gasteiger partial charge in [0.25, 0.3) is 0 Å². The molecule has 0 aromatic heterocycles. The van der Waals surface area contributed by atoms with Gasteiger partial charge in [0, 0.05) is 13.1 Å². The summed E-state index contributed by atoms with van der Waals surface area (Å²) in [6.45, 7) is 4.77. The maximum Gasteiger partial charge on any atom is 0.239 e. The topological polar surface area (TPSA) is 41.6 Å². The van der Waals surface area contributed by atoms with E-state index in [2.05, 4.69) is 17.4 Å². The van der Waals surface area contributed by atoms with Gasteiger partial charge in [-0.2, -0.15) is 0 Å². The van der Waals surface area contributed by atoms with Crippen molar-refractivity contribution in [3.63, 3.8) is 0 Å².